The zero-order valence-corrected chi connectivity index (χ0v) is 6.31. The Bertz CT molecular complexity index is 184. The van der Waals surface area contributed by atoms with Crippen LogP contribution in [0.2, 0.25) is 0 Å². The predicted octanol–water partition coefficient (Wildman–Crippen LogP) is 2.08. The first-order valence-electron chi connectivity index (χ1n) is 3.18. The molecule has 0 bridgehead atoms. The summed E-state index contributed by atoms with van der Waals surface area (Å²) in [5.74, 6) is 0. The van der Waals surface area contributed by atoms with E-state index in [-0.39, 0.29) is 0 Å². The Hall–Kier alpha value is -0.530. The highest BCUT2D eigenvalue weighted by Gasteiger charge is 1.97. The molecule has 0 amide bonds. The van der Waals surface area contributed by atoms with Gasteiger partial charge in [-0.2, -0.15) is 0 Å². The highest BCUT2D eigenvalue weighted by molar-refractivity contribution is 6.20. The van der Waals surface area contributed by atoms with Crippen molar-refractivity contribution in [2.75, 3.05) is 0 Å². The quantitative estimate of drug-likeness (QED) is 0.460. The molecule has 0 aliphatic heterocycles. The molecule has 1 aromatic carbocycles. The molecular formula is C8H9ClN. The topological polar surface area (TPSA) is 23.8 Å². The van der Waals surface area contributed by atoms with Crippen molar-refractivity contribution in [3.8, 4) is 0 Å². The molecule has 0 heterocycles. The van der Waals surface area contributed by atoms with Crippen molar-refractivity contribution >= 4 is 11.6 Å². The average molecular weight is 155 g/mol. The minimum Gasteiger partial charge on any atom is -0.238 e. The van der Waals surface area contributed by atoms with Gasteiger partial charge >= 0.3 is 0 Å². The molecule has 0 saturated heterocycles. The fourth-order valence-corrected chi connectivity index (χ4v) is 0.999. The molecule has 1 radical (unpaired) electrons. The Morgan fingerprint density at radius 1 is 1.30 bits per heavy atom. The summed E-state index contributed by atoms with van der Waals surface area (Å²) in [6.07, 6.45) is 0.627. The maximum Gasteiger partial charge on any atom is 0.0992 e. The monoisotopic (exact) mass is 154 g/mol. The van der Waals surface area contributed by atoms with Crippen LogP contribution in [-0.4, -0.2) is 5.50 Å². The second-order valence-electron chi connectivity index (χ2n) is 2.16. The molecule has 1 rings (SSSR count). The van der Waals surface area contributed by atoms with E-state index in [0.717, 1.165) is 5.56 Å². The molecule has 1 nitrogen and oxygen atoms in total. The van der Waals surface area contributed by atoms with Gasteiger partial charge in [-0.05, 0) is 5.56 Å². The van der Waals surface area contributed by atoms with E-state index in [1.807, 2.05) is 30.3 Å². The number of alkyl halides is 1. The third kappa shape index (κ3) is 2.38. The van der Waals surface area contributed by atoms with Gasteiger partial charge in [-0.25, -0.2) is 5.73 Å². The fraction of sp³-hybridized carbons (Fsp3) is 0.250. The van der Waals surface area contributed by atoms with Gasteiger partial charge in [0.25, 0.3) is 0 Å². The first kappa shape index (κ1) is 7.58. The van der Waals surface area contributed by atoms with Gasteiger partial charge in [0.05, 0.1) is 5.50 Å². The third-order valence-electron chi connectivity index (χ3n) is 1.26. The molecule has 10 heavy (non-hydrogen) atoms. The van der Waals surface area contributed by atoms with E-state index in [2.05, 4.69) is 0 Å². The number of halogens is 1. The van der Waals surface area contributed by atoms with Gasteiger partial charge < -0.3 is 0 Å². The van der Waals surface area contributed by atoms with Crippen LogP contribution in [0, 0.1) is 0 Å². The number of rotatable bonds is 2. The van der Waals surface area contributed by atoms with E-state index >= 15 is 0 Å². The largest absolute Gasteiger partial charge is 0.238 e. The fourth-order valence-electron chi connectivity index (χ4n) is 0.821. The first-order valence-corrected chi connectivity index (χ1v) is 3.62. The standard InChI is InChI=1S/C8H9ClN/c9-8(10)6-7-4-2-1-3-5-7/h1-5,8,10H,6H2. The molecule has 0 spiro atoms. The van der Waals surface area contributed by atoms with Crippen molar-refractivity contribution in [1.82, 2.24) is 5.73 Å². The lowest BCUT2D eigenvalue weighted by atomic mass is 10.2. The molecular weight excluding hydrogens is 146 g/mol. The minimum atomic E-state index is -0.512. The lowest BCUT2D eigenvalue weighted by Gasteiger charge is -2.00. The normalized spacial score (nSPS) is 13.0. The van der Waals surface area contributed by atoms with Gasteiger partial charge in [0.1, 0.15) is 0 Å². The highest BCUT2D eigenvalue weighted by atomic mass is 35.5. The SMILES string of the molecule is [NH]C(Cl)Cc1ccccc1. The number of hydrogen-bond donors (Lipinski definition) is 0. The number of benzene rings is 1. The molecule has 53 valence electrons. The Morgan fingerprint density at radius 2 is 1.90 bits per heavy atom. The van der Waals surface area contributed by atoms with E-state index < -0.39 is 5.50 Å². The summed E-state index contributed by atoms with van der Waals surface area (Å²) in [5, 5.41) is 0. The zero-order valence-electron chi connectivity index (χ0n) is 5.55. The summed E-state index contributed by atoms with van der Waals surface area (Å²) < 4.78 is 0. The van der Waals surface area contributed by atoms with Crippen LogP contribution in [0.3, 0.4) is 0 Å². The van der Waals surface area contributed by atoms with Gasteiger partial charge in [-0.1, -0.05) is 30.3 Å². The molecule has 0 aliphatic rings. The van der Waals surface area contributed by atoms with Crippen molar-refractivity contribution in [3.63, 3.8) is 0 Å². The number of nitrogens with one attached hydrogen (secondary N) is 1. The maximum atomic E-state index is 7.08. The molecule has 1 unspecified atom stereocenters. The molecule has 1 N–H and O–H groups in total. The van der Waals surface area contributed by atoms with Gasteiger partial charge in [0, 0.05) is 6.42 Å². The molecule has 1 atom stereocenters. The summed E-state index contributed by atoms with van der Waals surface area (Å²) in [7, 11) is 0. The summed E-state index contributed by atoms with van der Waals surface area (Å²) in [6.45, 7) is 0. The van der Waals surface area contributed by atoms with Crippen molar-refractivity contribution < 1.29 is 0 Å². The zero-order chi connectivity index (χ0) is 7.40. The average Bonchev–Trinajstić information content (AvgIpc) is 1.88. The Balaban J connectivity index is 2.59. The third-order valence-corrected chi connectivity index (χ3v) is 1.41. The van der Waals surface area contributed by atoms with Crippen molar-refractivity contribution in [1.29, 1.82) is 0 Å². The Kier molecular flexibility index (Phi) is 2.72. The van der Waals surface area contributed by atoms with Crippen molar-refractivity contribution in [2.24, 2.45) is 0 Å². The van der Waals surface area contributed by atoms with E-state index in [4.69, 9.17) is 17.3 Å². The maximum absolute atomic E-state index is 7.08. The lowest BCUT2D eigenvalue weighted by molar-refractivity contribution is 0.863. The summed E-state index contributed by atoms with van der Waals surface area (Å²) >= 11 is 5.48. The van der Waals surface area contributed by atoms with Crippen LogP contribution in [0.4, 0.5) is 0 Å². The number of hydrogen-bond acceptors (Lipinski definition) is 0. The Labute approximate surface area is 65.8 Å². The lowest BCUT2D eigenvalue weighted by Crippen LogP contribution is -2.02. The highest BCUT2D eigenvalue weighted by Crippen LogP contribution is 2.03. The molecule has 0 aromatic heterocycles. The van der Waals surface area contributed by atoms with Crippen LogP contribution in [0.1, 0.15) is 5.56 Å². The molecule has 2 heteroatoms. The summed E-state index contributed by atoms with van der Waals surface area (Å²) in [4.78, 5) is 0. The molecule has 0 aliphatic carbocycles. The van der Waals surface area contributed by atoms with Gasteiger partial charge in [-0.3, -0.25) is 0 Å². The van der Waals surface area contributed by atoms with Crippen LogP contribution in [0.25, 0.3) is 0 Å². The molecule has 0 saturated carbocycles. The minimum absolute atomic E-state index is 0.512. The van der Waals surface area contributed by atoms with E-state index in [1.54, 1.807) is 0 Å². The van der Waals surface area contributed by atoms with E-state index in [9.17, 15) is 0 Å². The molecule has 0 fully saturated rings. The Morgan fingerprint density at radius 3 is 2.40 bits per heavy atom. The first-order chi connectivity index (χ1) is 4.79. The van der Waals surface area contributed by atoms with Crippen LogP contribution in [-0.2, 0) is 6.42 Å². The van der Waals surface area contributed by atoms with E-state index in [0.29, 0.717) is 6.42 Å². The molecule has 1 aromatic rings. The predicted molar refractivity (Wildman–Crippen MR) is 42.9 cm³/mol. The van der Waals surface area contributed by atoms with Crippen LogP contribution >= 0.6 is 11.6 Å². The van der Waals surface area contributed by atoms with Gasteiger partial charge in [0.2, 0.25) is 0 Å². The second kappa shape index (κ2) is 3.59. The van der Waals surface area contributed by atoms with Crippen LogP contribution in [0.15, 0.2) is 30.3 Å². The van der Waals surface area contributed by atoms with Crippen LogP contribution in [0.5, 0.6) is 0 Å². The smallest absolute Gasteiger partial charge is 0.0992 e. The van der Waals surface area contributed by atoms with Gasteiger partial charge in [0.15, 0.2) is 0 Å². The van der Waals surface area contributed by atoms with Crippen molar-refractivity contribution in [2.45, 2.75) is 11.9 Å². The second-order valence-corrected chi connectivity index (χ2v) is 2.68. The van der Waals surface area contributed by atoms with Crippen LogP contribution < -0.4 is 5.73 Å². The van der Waals surface area contributed by atoms with E-state index in [1.165, 1.54) is 0 Å². The van der Waals surface area contributed by atoms with Gasteiger partial charge in [-0.15, -0.1) is 11.6 Å². The summed E-state index contributed by atoms with van der Waals surface area (Å²) in [6, 6.07) is 9.81. The summed E-state index contributed by atoms with van der Waals surface area (Å²) in [5.41, 5.74) is 7.69. The van der Waals surface area contributed by atoms with Crippen molar-refractivity contribution in [3.05, 3.63) is 35.9 Å².